The van der Waals surface area contributed by atoms with Gasteiger partial charge in [-0.2, -0.15) is 11.3 Å². The molecule has 0 saturated carbocycles. The van der Waals surface area contributed by atoms with Crippen LogP contribution >= 0.6 is 11.3 Å². The summed E-state index contributed by atoms with van der Waals surface area (Å²) in [5.41, 5.74) is 0.537. The molecule has 88 valence electrons. The monoisotopic (exact) mass is 256 g/mol. The minimum absolute atomic E-state index is 0.305. The van der Waals surface area contributed by atoms with Crippen LogP contribution in [0.1, 0.15) is 21.5 Å². The zero-order valence-corrected chi connectivity index (χ0v) is 9.58. The smallest absolute Gasteiger partial charge is 0.197 e. The maximum absolute atomic E-state index is 13.4. The van der Waals surface area contributed by atoms with Crippen molar-refractivity contribution < 1.29 is 18.0 Å². The molecule has 1 aromatic heterocycles. The molecule has 0 amide bonds. The third-order valence-electron chi connectivity index (χ3n) is 2.38. The summed E-state index contributed by atoms with van der Waals surface area (Å²) in [6.07, 6.45) is 0. The van der Waals surface area contributed by atoms with Crippen LogP contribution in [0.5, 0.6) is 0 Å². The van der Waals surface area contributed by atoms with Crippen molar-refractivity contribution in [2.24, 2.45) is 0 Å². The van der Waals surface area contributed by atoms with E-state index in [1.54, 1.807) is 17.7 Å². The molecule has 0 aliphatic rings. The van der Waals surface area contributed by atoms with E-state index >= 15 is 0 Å². The summed E-state index contributed by atoms with van der Waals surface area (Å²) in [7, 11) is 0. The number of carbonyl (C=O) groups is 1. The summed E-state index contributed by atoms with van der Waals surface area (Å²) >= 11 is 1.29. The number of ketones is 1. The molecule has 0 saturated heterocycles. The fraction of sp³-hybridized carbons (Fsp3) is 0.0833. The first-order valence-electron chi connectivity index (χ1n) is 4.73. The van der Waals surface area contributed by atoms with Crippen molar-refractivity contribution in [2.45, 2.75) is 6.92 Å². The molecule has 0 N–H and O–H groups in total. The number of halogens is 3. The molecule has 0 radical (unpaired) electrons. The van der Waals surface area contributed by atoms with Crippen LogP contribution in [-0.4, -0.2) is 5.78 Å². The van der Waals surface area contributed by atoms with E-state index in [0.29, 0.717) is 11.1 Å². The molecule has 0 fully saturated rings. The van der Waals surface area contributed by atoms with Crippen LogP contribution in [0.2, 0.25) is 0 Å². The van der Waals surface area contributed by atoms with E-state index in [2.05, 4.69) is 0 Å². The molecule has 1 aromatic carbocycles. The number of rotatable bonds is 2. The fourth-order valence-electron chi connectivity index (χ4n) is 1.44. The van der Waals surface area contributed by atoms with E-state index in [0.717, 1.165) is 12.1 Å². The molecular weight excluding hydrogens is 249 g/mol. The standard InChI is InChI=1S/C12H7F3OS/c1-6-4-17-5-8(6)12(16)7-2-3-9(13)11(15)10(7)14/h2-5H,1H3. The largest absolute Gasteiger partial charge is 0.288 e. The van der Waals surface area contributed by atoms with Gasteiger partial charge in [-0.1, -0.05) is 0 Å². The van der Waals surface area contributed by atoms with Crippen LogP contribution in [0, 0.1) is 24.4 Å². The number of aryl methyl sites for hydroxylation is 1. The second kappa shape index (κ2) is 4.33. The lowest BCUT2D eigenvalue weighted by Crippen LogP contribution is -2.07. The molecule has 1 nitrogen and oxygen atoms in total. The van der Waals surface area contributed by atoms with Crippen LogP contribution in [-0.2, 0) is 0 Å². The molecular formula is C12H7F3OS. The van der Waals surface area contributed by atoms with Crippen molar-refractivity contribution in [3.05, 3.63) is 57.0 Å². The Morgan fingerprint density at radius 3 is 2.35 bits per heavy atom. The number of thiophene rings is 1. The summed E-state index contributed by atoms with van der Waals surface area (Å²) in [5, 5.41) is 3.28. The minimum Gasteiger partial charge on any atom is -0.288 e. The van der Waals surface area contributed by atoms with Gasteiger partial charge >= 0.3 is 0 Å². The van der Waals surface area contributed by atoms with Crippen molar-refractivity contribution in [1.29, 1.82) is 0 Å². The Kier molecular flexibility index (Phi) is 3.02. The molecule has 0 aliphatic carbocycles. The van der Waals surface area contributed by atoms with Gasteiger partial charge in [-0.15, -0.1) is 0 Å². The molecule has 1 heterocycles. The van der Waals surface area contributed by atoms with Crippen molar-refractivity contribution in [3.8, 4) is 0 Å². The molecule has 0 atom stereocenters. The molecule has 5 heteroatoms. The molecule has 0 unspecified atom stereocenters. The number of carbonyl (C=O) groups excluding carboxylic acids is 1. The Balaban J connectivity index is 2.53. The Morgan fingerprint density at radius 2 is 1.76 bits per heavy atom. The van der Waals surface area contributed by atoms with E-state index in [-0.39, 0.29) is 0 Å². The average molecular weight is 256 g/mol. The highest BCUT2D eigenvalue weighted by Gasteiger charge is 2.21. The second-order valence-electron chi connectivity index (χ2n) is 3.52. The van der Waals surface area contributed by atoms with E-state index in [1.165, 1.54) is 11.3 Å². The Hall–Kier alpha value is -1.62. The SMILES string of the molecule is Cc1cscc1C(=O)c1ccc(F)c(F)c1F. The first kappa shape index (κ1) is 11.9. The van der Waals surface area contributed by atoms with Gasteiger partial charge in [0.05, 0.1) is 5.56 Å². The number of hydrogen-bond donors (Lipinski definition) is 0. The molecule has 2 aromatic rings. The zero-order chi connectivity index (χ0) is 12.6. The van der Waals surface area contributed by atoms with E-state index < -0.39 is 28.8 Å². The van der Waals surface area contributed by atoms with Gasteiger partial charge in [-0.25, -0.2) is 13.2 Å². The highest BCUT2D eigenvalue weighted by molar-refractivity contribution is 7.08. The van der Waals surface area contributed by atoms with Gasteiger partial charge in [0, 0.05) is 10.9 Å². The van der Waals surface area contributed by atoms with Crippen LogP contribution in [0.3, 0.4) is 0 Å². The van der Waals surface area contributed by atoms with Crippen LogP contribution in [0.15, 0.2) is 22.9 Å². The van der Waals surface area contributed by atoms with E-state index in [1.807, 2.05) is 0 Å². The lowest BCUT2D eigenvalue weighted by atomic mass is 10.0. The normalized spacial score (nSPS) is 10.6. The topological polar surface area (TPSA) is 17.1 Å². The predicted octanol–water partition coefficient (Wildman–Crippen LogP) is 3.70. The highest BCUT2D eigenvalue weighted by Crippen LogP contribution is 2.22. The molecule has 2 rings (SSSR count). The van der Waals surface area contributed by atoms with Gasteiger partial charge in [0.2, 0.25) is 0 Å². The Morgan fingerprint density at radius 1 is 1.06 bits per heavy atom. The van der Waals surface area contributed by atoms with Gasteiger partial charge in [-0.3, -0.25) is 4.79 Å². The predicted molar refractivity (Wildman–Crippen MR) is 58.8 cm³/mol. The first-order chi connectivity index (χ1) is 8.02. The third kappa shape index (κ3) is 1.98. The van der Waals surface area contributed by atoms with Crippen molar-refractivity contribution in [3.63, 3.8) is 0 Å². The van der Waals surface area contributed by atoms with Crippen LogP contribution < -0.4 is 0 Å². The van der Waals surface area contributed by atoms with Crippen molar-refractivity contribution in [1.82, 2.24) is 0 Å². The highest BCUT2D eigenvalue weighted by atomic mass is 32.1. The van der Waals surface area contributed by atoms with Crippen molar-refractivity contribution in [2.75, 3.05) is 0 Å². The second-order valence-corrected chi connectivity index (χ2v) is 4.26. The van der Waals surface area contributed by atoms with Gasteiger partial charge in [-0.05, 0) is 30.0 Å². The van der Waals surface area contributed by atoms with Crippen molar-refractivity contribution >= 4 is 17.1 Å². The van der Waals surface area contributed by atoms with Gasteiger partial charge in [0.25, 0.3) is 0 Å². The first-order valence-corrected chi connectivity index (χ1v) is 5.67. The summed E-state index contributed by atoms with van der Waals surface area (Å²) in [6.45, 7) is 1.70. The number of hydrogen-bond acceptors (Lipinski definition) is 2. The van der Waals surface area contributed by atoms with Gasteiger partial charge in [0.15, 0.2) is 23.2 Å². The maximum Gasteiger partial charge on any atom is 0.197 e. The van der Waals surface area contributed by atoms with Gasteiger partial charge < -0.3 is 0 Å². The molecule has 0 aliphatic heterocycles. The average Bonchev–Trinajstić information content (AvgIpc) is 2.72. The molecule has 17 heavy (non-hydrogen) atoms. The maximum atomic E-state index is 13.4. The molecule has 0 bridgehead atoms. The van der Waals surface area contributed by atoms with E-state index in [4.69, 9.17) is 0 Å². The summed E-state index contributed by atoms with van der Waals surface area (Å²) in [4.78, 5) is 11.9. The molecule has 0 spiro atoms. The lowest BCUT2D eigenvalue weighted by Gasteiger charge is -2.03. The Bertz CT molecular complexity index is 589. The third-order valence-corrected chi connectivity index (χ3v) is 3.24. The quantitative estimate of drug-likeness (QED) is 0.591. The minimum atomic E-state index is -1.62. The van der Waals surface area contributed by atoms with Gasteiger partial charge in [0.1, 0.15) is 0 Å². The zero-order valence-electron chi connectivity index (χ0n) is 8.76. The summed E-state index contributed by atoms with van der Waals surface area (Å²) in [6, 6.07) is 1.69. The fourth-order valence-corrected chi connectivity index (χ4v) is 2.27. The van der Waals surface area contributed by atoms with Crippen LogP contribution in [0.4, 0.5) is 13.2 Å². The summed E-state index contributed by atoms with van der Waals surface area (Å²) < 4.78 is 39.1. The Labute approximate surface area is 99.5 Å². The van der Waals surface area contributed by atoms with Crippen LogP contribution in [0.25, 0.3) is 0 Å². The number of benzene rings is 1. The lowest BCUT2D eigenvalue weighted by molar-refractivity contribution is 0.103. The summed E-state index contributed by atoms with van der Waals surface area (Å²) in [5.74, 6) is -5.01. The van der Waals surface area contributed by atoms with E-state index in [9.17, 15) is 18.0 Å².